The highest BCUT2D eigenvalue weighted by molar-refractivity contribution is 7.87. The van der Waals surface area contributed by atoms with Crippen molar-refractivity contribution in [3.63, 3.8) is 0 Å². The van der Waals surface area contributed by atoms with E-state index in [1.165, 1.54) is 20.6 Å². The predicted octanol–water partition coefficient (Wildman–Crippen LogP) is 2.02. The van der Waals surface area contributed by atoms with E-state index < -0.39 is 16.3 Å². The van der Waals surface area contributed by atoms with Crippen LogP contribution in [0.3, 0.4) is 0 Å². The van der Waals surface area contributed by atoms with Crippen molar-refractivity contribution in [2.45, 2.75) is 19.5 Å². The molecule has 0 radical (unpaired) electrons. The zero-order valence-electron chi connectivity index (χ0n) is 15.9. The molecule has 0 unspecified atom stereocenters. The van der Waals surface area contributed by atoms with Crippen molar-refractivity contribution in [1.82, 2.24) is 8.61 Å². The quantitative estimate of drug-likeness (QED) is 0.726. The molecule has 1 saturated heterocycles. The molecular formula is C21H23N3O3S. The fourth-order valence-corrected chi connectivity index (χ4v) is 4.77. The van der Waals surface area contributed by atoms with E-state index in [4.69, 9.17) is 6.42 Å². The minimum atomic E-state index is -3.73. The van der Waals surface area contributed by atoms with Gasteiger partial charge in [0.25, 0.3) is 10.2 Å². The molecule has 1 aliphatic rings. The van der Waals surface area contributed by atoms with Crippen LogP contribution in [0.15, 0.2) is 54.6 Å². The van der Waals surface area contributed by atoms with Crippen molar-refractivity contribution in [3.8, 4) is 12.3 Å². The number of hydrogen-bond donors (Lipinski definition) is 0. The van der Waals surface area contributed by atoms with Gasteiger partial charge in [-0.3, -0.25) is 9.69 Å². The largest absolute Gasteiger partial charge is 0.299 e. The molecule has 6 nitrogen and oxygen atoms in total. The molecule has 3 rings (SSSR count). The van der Waals surface area contributed by atoms with E-state index in [2.05, 4.69) is 5.92 Å². The average Bonchev–Trinajstić information content (AvgIpc) is 2.90. The van der Waals surface area contributed by atoms with Crippen LogP contribution in [0.25, 0.3) is 0 Å². The number of aryl methyl sites for hydroxylation is 1. The SMILES string of the molecule is C#CCN(C(=O)[C@@H]1CN(C)S(=O)(=O)N1Cc1ccccc1)c1cccc(C)c1. The third-order valence-corrected chi connectivity index (χ3v) is 6.68. The molecular weight excluding hydrogens is 374 g/mol. The Morgan fingerprint density at radius 2 is 1.93 bits per heavy atom. The number of amides is 1. The molecule has 0 N–H and O–H groups in total. The molecule has 1 fully saturated rings. The van der Waals surface area contributed by atoms with Crippen molar-refractivity contribution in [2.75, 3.05) is 25.0 Å². The summed E-state index contributed by atoms with van der Waals surface area (Å²) in [6.07, 6.45) is 5.49. The van der Waals surface area contributed by atoms with E-state index in [1.807, 2.05) is 55.5 Å². The molecule has 0 bridgehead atoms. The topological polar surface area (TPSA) is 60.9 Å². The Balaban J connectivity index is 1.96. The number of carbonyl (C=O) groups is 1. The van der Waals surface area contributed by atoms with Crippen LogP contribution in [-0.4, -0.2) is 49.1 Å². The van der Waals surface area contributed by atoms with Crippen molar-refractivity contribution in [3.05, 3.63) is 65.7 Å². The standard InChI is InChI=1S/C21H23N3O3S/c1-4-13-23(19-12-8-9-17(2)14-19)21(25)20-16-22(3)28(26,27)24(20)15-18-10-6-5-7-11-18/h1,5-12,14,20H,13,15-16H2,2-3H3/t20-/m0/s1. The van der Waals surface area contributed by atoms with Crippen LogP contribution in [0.5, 0.6) is 0 Å². The number of benzene rings is 2. The number of rotatable bonds is 5. The van der Waals surface area contributed by atoms with E-state index in [0.29, 0.717) is 5.69 Å². The van der Waals surface area contributed by atoms with Gasteiger partial charge in [0.05, 0.1) is 6.54 Å². The van der Waals surface area contributed by atoms with Crippen LogP contribution < -0.4 is 4.90 Å². The second-order valence-corrected chi connectivity index (χ2v) is 8.79. The Hall–Kier alpha value is -2.66. The lowest BCUT2D eigenvalue weighted by Crippen LogP contribution is -2.48. The Morgan fingerprint density at radius 3 is 2.57 bits per heavy atom. The third kappa shape index (κ3) is 3.94. The summed E-state index contributed by atoms with van der Waals surface area (Å²) in [6, 6.07) is 15.8. The summed E-state index contributed by atoms with van der Waals surface area (Å²) in [5.41, 5.74) is 2.47. The fourth-order valence-electron chi connectivity index (χ4n) is 3.29. The lowest BCUT2D eigenvalue weighted by Gasteiger charge is -2.27. The number of anilines is 1. The van der Waals surface area contributed by atoms with Crippen LogP contribution >= 0.6 is 0 Å². The summed E-state index contributed by atoms with van der Waals surface area (Å²) in [5.74, 6) is 2.18. The van der Waals surface area contributed by atoms with Crippen LogP contribution in [0, 0.1) is 19.3 Å². The molecule has 2 aromatic carbocycles. The first-order chi connectivity index (χ1) is 13.3. The van der Waals surface area contributed by atoms with Gasteiger partial charge in [0, 0.05) is 25.8 Å². The van der Waals surface area contributed by atoms with Gasteiger partial charge in [-0.1, -0.05) is 48.4 Å². The van der Waals surface area contributed by atoms with Gasteiger partial charge in [-0.15, -0.1) is 6.42 Å². The molecule has 7 heteroatoms. The first-order valence-electron chi connectivity index (χ1n) is 8.93. The summed E-state index contributed by atoms with van der Waals surface area (Å²) < 4.78 is 28.1. The van der Waals surface area contributed by atoms with E-state index in [1.54, 1.807) is 6.07 Å². The smallest absolute Gasteiger partial charge is 0.282 e. The maximum absolute atomic E-state index is 13.4. The van der Waals surface area contributed by atoms with Gasteiger partial charge in [0.15, 0.2) is 0 Å². The van der Waals surface area contributed by atoms with Crippen LogP contribution in [0.2, 0.25) is 0 Å². The number of terminal acetylenes is 1. The van der Waals surface area contributed by atoms with Crippen LogP contribution in [0.1, 0.15) is 11.1 Å². The monoisotopic (exact) mass is 397 g/mol. The van der Waals surface area contributed by atoms with Crippen molar-refractivity contribution < 1.29 is 13.2 Å². The molecule has 1 amide bonds. The average molecular weight is 398 g/mol. The van der Waals surface area contributed by atoms with Gasteiger partial charge in [0.2, 0.25) is 5.91 Å². The summed E-state index contributed by atoms with van der Waals surface area (Å²) in [6.45, 7) is 2.21. The minimum absolute atomic E-state index is 0.0712. The van der Waals surface area contributed by atoms with Crippen molar-refractivity contribution >= 4 is 21.8 Å². The molecule has 2 aromatic rings. The zero-order valence-corrected chi connectivity index (χ0v) is 16.8. The van der Waals surface area contributed by atoms with E-state index in [-0.39, 0.29) is 25.5 Å². The number of carbonyl (C=O) groups excluding carboxylic acids is 1. The summed E-state index contributed by atoms with van der Waals surface area (Å²) >= 11 is 0. The molecule has 1 atom stereocenters. The second kappa shape index (κ2) is 8.15. The summed E-state index contributed by atoms with van der Waals surface area (Å²) in [5, 5.41) is 0. The molecule has 0 aliphatic carbocycles. The summed E-state index contributed by atoms with van der Waals surface area (Å²) in [7, 11) is -2.24. The van der Waals surface area contributed by atoms with Crippen LogP contribution in [-0.2, 0) is 21.5 Å². The molecule has 1 aliphatic heterocycles. The van der Waals surface area contributed by atoms with E-state index >= 15 is 0 Å². The highest BCUT2D eigenvalue weighted by atomic mass is 32.2. The number of nitrogens with zero attached hydrogens (tertiary/aromatic N) is 3. The zero-order chi connectivity index (χ0) is 20.3. The normalized spacial score (nSPS) is 19.2. The summed E-state index contributed by atoms with van der Waals surface area (Å²) in [4.78, 5) is 14.9. The molecule has 1 heterocycles. The highest BCUT2D eigenvalue weighted by Gasteiger charge is 2.46. The maximum Gasteiger partial charge on any atom is 0.282 e. The molecule has 0 saturated carbocycles. The van der Waals surface area contributed by atoms with Gasteiger partial charge < -0.3 is 0 Å². The maximum atomic E-state index is 13.4. The van der Waals surface area contributed by atoms with Gasteiger partial charge >= 0.3 is 0 Å². The van der Waals surface area contributed by atoms with Gasteiger partial charge in [-0.25, -0.2) is 0 Å². The first-order valence-corrected chi connectivity index (χ1v) is 10.3. The number of hydrogen-bond acceptors (Lipinski definition) is 3. The highest BCUT2D eigenvalue weighted by Crippen LogP contribution is 2.27. The predicted molar refractivity (Wildman–Crippen MR) is 110 cm³/mol. The Bertz CT molecular complexity index is 999. The molecule has 28 heavy (non-hydrogen) atoms. The fraction of sp³-hybridized carbons (Fsp3) is 0.286. The third-order valence-electron chi connectivity index (χ3n) is 4.76. The van der Waals surface area contributed by atoms with E-state index in [0.717, 1.165) is 11.1 Å². The minimum Gasteiger partial charge on any atom is -0.299 e. The molecule has 0 spiro atoms. The Labute approximate surface area is 166 Å². The first kappa shape index (κ1) is 20.1. The Kier molecular flexibility index (Phi) is 5.84. The lowest BCUT2D eigenvalue weighted by atomic mass is 10.1. The van der Waals surface area contributed by atoms with Crippen molar-refractivity contribution in [1.29, 1.82) is 0 Å². The number of likely N-dealkylation sites (N-methyl/N-ethyl adjacent to an activating group) is 1. The van der Waals surface area contributed by atoms with Crippen LogP contribution in [0.4, 0.5) is 5.69 Å². The van der Waals surface area contributed by atoms with Gasteiger partial charge in [-0.2, -0.15) is 17.0 Å². The van der Waals surface area contributed by atoms with Crippen molar-refractivity contribution in [2.24, 2.45) is 0 Å². The lowest BCUT2D eigenvalue weighted by molar-refractivity contribution is -0.121. The molecule has 0 aromatic heterocycles. The molecule has 146 valence electrons. The van der Waals surface area contributed by atoms with Gasteiger partial charge in [0.1, 0.15) is 6.04 Å². The van der Waals surface area contributed by atoms with E-state index in [9.17, 15) is 13.2 Å². The van der Waals surface area contributed by atoms with Gasteiger partial charge in [-0.05, 0) is 30.2 Å². The second-order valence-electron chi connectivity index (χ2n) is 6.80. The Morgan fingerprint density at radius 1 is 1.21 bits per heavy atom.